The number of nitrogens with zero attached hydrogens (tertiary/aromatic N) is 2. The molecule has 1 amide bonds. The highest BCUT2D eigenvalue weighted by Crippen LogP contribution is 2.38. The van der Waals surface area contributed by atoms with E-state index < -0.39 is 0 Å². The Morgan fingerprint density at radius 1 is 0.941 bits per heavy atom. The van der Waals surface area contributed by atoms with E-state index in [1.165, 1.54) is 30.7 Å². The van der Waals surface area contributed by atoms with Crippen LogP contribution in [0.2, 0.25) is 0 Å². The number of imidazole rings is 1. The Labute approximate surface area is 196 Å². The fraction of sp³-hybridized carbons (Fsp3) is 0.259. The lowest BCUT2D eigenvalue weighted by molar-refractivity contribution is 0.0924. The van der Waals surface area contributed by atoms with Gasteiger partial charge in [0.05, 0.1) is 12.0 Å². The fourth-order valence-electron chi connectivity index (χ4n) is 4.52. The van der Waals surface area contributed by atoms with Crippen LogP contribution in [-0.2, 0) is 6.54 Å². The second kappa shape index (κ2) is 9.63. The molecule has 2 aromatic heterocycles. The number of aromatic nitrogens is 2. The SMILES string of the molecule is O=C(NCc1ccc(F)cc1)c1ccc(-c2c(-c3ccc(F)cc3)ncn2C2CCCCC2)o1. The molecule has 34 heavy (non-hydrogen) atoms. The third-order valence-corrected chi connectivity index (χ3v) is 6.31. The van der Waals surface area contributed by atoms with Crippen LogP contribution in [0.3, 0.4) is 0 Å². The Balaban J connectivity index is 1.44. The molecule has 0 radical (unpaired) electrons. The smallest absolute Gasteiger partial charge is 0.287 e. The summed E-state index contributed by atoms with van der Waals surface area (Å²) in [6.45, 7) is 0.260. The van der Waals surface area contributed by atoms with E-state index >= 15 is 0 Å². The summed E-state index contributed by atoms with van der Waals surface area (Å²) in [6, 6.07) is 15.9. The quantitative estimate of drug-likeness (QED) is 0.355. The number of hydrogen-bond donors (Lipinski definition) is 1. The molecular formula is C27H25F2N3O2. The molecule has 0 aliphatic heterocycles. The van der Waals surface area contributed by atoms with E-state index in [0.29, 0.717) is 17.5 Å². The summed E-state index contributed by atoms with van der Waals surface area (Å²) in [7, 11) is 0. The largest absolute Gasteiger partial charge is 0.449 e. The first-order valence-electron chi connectivity index (χ1n) is 11.5. The molecule has 0 bridgehead atoms. The molecule has 0 unspecified atom stereocenters. The van der Waals surface area contributed by atoms with Gasteiger partial charge >= 0.3 is 0 Å². The Morgan fingerprint density at radius 2 is 1.62 bits per heavy atom. The maximum Gasteiger partial charge on any atom is 0.287 e. The number of nitrogens with one attached hydrogen (secondary N) is 1. The third kappa shape index (κ3) is 4.64. The van der Waals surface area contributed by atoms with Gasteiger partial charge in [-0.15, -0.1) is 0 Å². The van der Waals surface area contributed by atoms with Crippen molar-refractivity contribution in [2.75, 3.05) is 0 Å². The minimum Gasteiger partial charge on any atom is -0.449 e. The standard InChI is InChI=1S/C27H25F2N3O2/c28-20-10-6-18(7-11-20)16-30-27(33)24-15-14-23(34-24)26-25(19-8-12-21(29)13-9-19)31-17-32(26)22-4-2-1-3-5-22/h6-15,17,22H,1-5,16H2,(H,30,33). The van der Waals surface area contributed by atoms with Crippen molar-refractivity contribution < 1.29 is 18.0 Å². The first-order chi connectivity index (χ1) is 16.6. The summed E-state index contributed by atoms with van der Waals surface area (Å²) in [6.07, 6.45) is 7.47. The second-order valence-corrected chi connectivity index (χ2v) is 8.62. The van der Waals surface area contributed by atoms with E-state index in [9.17, 15) is 13.6 Å². The van der Waals surface area contributed by atoms with E-state index in [2.05, 4.69) is 14.9 Å². The molecule has 5 nitrogen and oxygen atoms in total. The van der Waals surface area contributed by atoms with Crippen LogP contribution in [0.1, 0.15) is 54.3 Å². The summed E-state index contributed by atoms with van der Waals surface area (Å²) in [5.41, 5.74) is 3.05. The molecule has 174 valence electrons. The van der Waals surface area contributed by atoms with Gasteiger partial charge in [0, 0.05) is 18.2 Å². The van der Waals surface area contributed by atoms with Crippen molar-refractivity contribution >= 4 is 5.91 Å². The van der Waals surface area contributed by atoms with Gasteiger partial charge in [0.1, 0.15) is 17.3 Å². The molecule has 2 aromatic carbocycles. The van der Waals surface area contributed by atoms with Gasteiger partial charge in [0.15, 0.2) is 11.5 Å². The van der Waals surface area contributed by atoms with Gasteiger partial charge in [-0.2, -0.15) is 0 Å². The number of hydrogen-bond acceptors (Lipinski definition) is 3. The van der Waals surface area contributed by atoms with E-state index in [4.69, 9.17) is 4.42 Å². The van der Waals surface area contributed by atoms with Crippen LogP contribution in [0, 0.1) is 11.6 Å². The molecular weight excluding hydrogens is 436 g/mol. The topological polar surface area (TPSA) is 60.1 Å². The van der Waals surface area contributed by atoms with Crippen molar-refractivity contribution in [3.05, 3.63) is 89.9 Å². The average molecular weight is 462 g/mol. The predicted molar refractivity (Wildman–Crippen MR) is 125 cm³/mol. The molecule has 0 spiro atoms. The Hall–Kier alpha value is -3.74. The predicted octanol–water partition coefficient (Wildman–Crippen LogP) is 6.52. The summed E-state index contributed by atoms with van der Waals surface area (Å²) in [5, 5.41) is 2.80. The number of rotatable bonds is 6. The van der Waals surface area contributed by atoms with Gasteiger partial charge < -0.3 is 14.3 Å². The zero-order valence-corrected chi connectivity index (χ0v) is 18.6. The van der Waals surface area contributed by atoms with Crippen LogP contribution in [0.15, 0.2) is 71.4 Å². The summed E-state index contributed by atoms with van der Waals surface area (Å²) >= 11 is 0. The van der Waals surface area contributed by atoms with Gasteiger partial charge in [-0.25, -0.2) is 13.8 Å². The number of halogens is 2. The van der Waals surface area contributed by atoms with Gasteiger partial charge in [0.25, 0.3) is 5.91 Å². The lowest BCUT2D eigenvalue weighted by Crippen LogP contribution is -2.22. The van der Waals surface area contributed by atoms with Crippen molar-refractivity contribution in [2.24, 2.45) is 0 Å². The van der Waals surface area contributed by atoms with Crippen LogP contribution >= 0.6 is 0 Å². The molecule has 1 N–H and O–H groups in total. The highest BCUT2D eigenvalue weighted by Gasteiger charge is 2.25. The Kier molecular flexibility index (Phi) is 6.25. The lowest BCUT2D eigenvalue weighted by atomic mass is 9.95. The molecule has 7 heteroatoms. The van der Waals surface area contributed by atoms with Gasteiger partial charge in [-0.3, -0.25) is 4.79 Å². The molecule has 1 aliphatic rings. The molecule has 0 atom stereocenters. The number of amides is 1. The first kappa shape index (κ1) is 22.1. The maximum atomic E-state index is 13.5. The third-order valence-electron chi connectivity index (χ3n) is 6.31. The van der Waals surface area contributed by atoms with E-state index in [-0.39, 0.29) is 29.8 Å². The van der Waals surface area contributed by atoms with Crippen LogP contribution < -0.4 is 5.32 Å². The van der Waals surface area contributed by atoms with Crippen LogP contribution in [0.5, 0.6) is 0 Å². The van der Waals surface area contributed by atoms with Crippen molar-refractivity contribution in [1.82, 2.24) is 14.9 Å². The fourth-order valence-corrected chi connectivity index (χ4v) is 4.52. The molecule has 1 fully saturated rings. The number of furan rings is 1. The zero-order valence-electron chi connectivity index (χ0n) is 18.6. The van der Waals surface area contributed by atoms with Crippen molar-refractivity contribution in [2.45, 2.75) is 44.7 Å². The van der Waals surface area contributed by atoms with E-state index in [0.717, 1.165) is 42.5 Å². The number of benzene rings is 2. The van der Waals surface area contributed by atoms with Crippen LogP contribution in [0.25, 0.3) is 22.7 Å². The van der Waals surface area contributed by atoms with Crippen molar-refractivity contribution in [3.8, 4) is 22.7 Å². The Bertz CT molecular complexity index is 1270. The van der Waals surface area contributed by atoms with E-state index in [1.807, 2.05) is 6.33 Å². The first-order valence-corrected chi connectivity index (χ1v) is 11.5. The summed E-state index contributed by atoms with van der Waals surface area (Å²) in [4.78, 5) is 17.4. The lowest BCUT2D eigenvalue weighted by Gasteiger charge is -2.24. The van der Waals surface area contributed by atoms with E-state index in [1.54, 1.807) is 36.4 Å². The van der Waals surface area contributed by atoms with Crippen LogP contribution in [-0.4, -0.2) is 15.5 Å². The summed E-state index contributed by atoms with van der Waals surface area (Å²) in [5.74, 6) is -0.275. The second-order valence-electron chi connectivity index (χ2n) is 8.62. The molecule has 2 heterocycles. The van der Waals surface area contributed by atoms with Crippen molar-refractivity contribution in [1.29, 1.82) is 0 Å². The monoisotopic (exact) mass is 461 g/mol. The molecule has 0 saturated heterocycles. The minimum atomic E-state index is -0.359. The van der Waals surface area contributed by atoms with Gasteiger partial charge in [-0.1, -0.05) is 31.4 Å². The molecule has 1 saturated carbocycles. The maximum absolute atomic E-state index is 13.5. The summed E-state index contributed by atoms with van der Waals surface area (Å²) < 4.78 is 34.8. The average Bonchev–Trinajstić information content (AvgIpc) is 3.52. The van der Waals surface area contributed by atoms with Gasteiger partial charge in [0.2, 0.25) is 0 Å². The highest BCUT2D eigenvalue weighted by molar-refractivity contribution is 5.92. The van der Waals surface area contributed by atoms with Gasteiger partial charge in [-0.05, 0) is 66.9 Å². The van der Waals surface area contributed by atoms with Crippen LogP contribution in [0.4, 0.5) is 8.78 Å². The molecule has 1 aliphatic carbocycles. The minimum absolute atomic E-state index is 0.179. The Morgan fingerprint density at radius 3 is 2.32 bits per heavy atom. The molecule has 4 aromatic rings. The highest BCUT2D eigenvalue weighted by atomic mass is 19.1. The number of carbonyl (C=O) groups is 1. The molecule has 5 rings (SSSR count). The zero-order chi connectivity index (χ0) is 23.5. The van der Waals surface area contributed by atoms with Crippen molar-refractivity contribution in [3.63, 3.8) is 0 Å². The number of carbonyl (C=O) groups excluding carboxylic acids is 1. The normalized spacial score (nSPS) is 14.3.